The van der Waals surface area contributed by atoms with Gasteiger partial charge < -0.3 is 10.2 Å². The summed E-state index contributed by atoms with van der Waals surface area (Å²) in [7, 11) is 0. The van der Waals surface area contributed by atoms with Crippen molar-refractivity contribution >= 4 is 11.8 Å². The Morgan fingerprint density at radius 3 is 2.56 bits per heavy atom. The zero-order chi connectivity index (χ0) is 12.3. The number of amides is 2. The first-order valence-electron chi connectivity index (χ1n) is 4.94. The number of rotatable bonds is 2. The summed E-state index contributed by atoms with van der Waals surface area (Å²) < 4.78 is 35.7. The number of carbonyl (C=O) groups excluding carboxylic acids is 2. The predicted molar refractivity (Wildman–Crippen MR) is 49.5 cm³/mol. The van der Waals surface area contributed by atoms with Gasteiger partial charge in [0.05, 0.1) is 0 Å². The number of carbonyl (C=O) groups is 2. The summed E-state index contributed by atoms with van der Waals surface area (Å²) in [5, 5.41) is 1.79. The molecular formula is C9H13F3N2O2. The van der Waals surface area contributed by atoms with E-state index in [1.165, 1.54) is 11.8 Å². The van der Waals surface area contributed by atoms with Crippen LogP contribution >= 0.6 is 0 Å². The number of hydrogen-bond acceptors (Lipinski definition) is 2. The first kappa shape index (κ1) is 12.8. The fourth-order valence-electron chi connectivity index (χ4n) is 1.77. The second kappa shape index (κ2) is 4.71. The van der Waals surface area contributed by atoms with Crippen LogP contribution in [-0.4, -0.2) is 42.0 Å². The fourth-order valence-corrected chi connectivity index (χ4v) is 1.77. The number of halogens is 3. The van der Waals surface area contributed by atoms with Gasteiger partial charge in [-0.3, -0.25) is 9.59 Å². The fraction of sp³-hybridized carbons (Fsp3) is 0.778. The van der Waals surface area contributed by atoms with Gasteiger partial charge in [0, 0.05) is 26.1 Å². The highest BCUT2D eigenvalue weighted by atomic mass is 19.4. The molecule has 1 atom stereocenters. The lowest BCUT2D eigenvalue weighted by Crippen LogP contribution is -2.45. The Hall–Kier alpha value is -1.27. The maximum atomic E-state index is 11.9. The van der Waals surface area contributed by atoms with Gasteiger partial charge in [0.2, 0.25) is 5.91 Å². The van der Waals surface area contributed by atoms with E-state index in [4.69, 9.17) is 0 Å². The van der Waals surface area contributed by atoms with Crippen molar-refractivity contribution in [2.45, 2.75) is 32.0 Å². The molecule has 92 valence electrons. The van der Waals surface area contributed by atoms with Crippen molar-refractivity contribution in [1.82, 2.24) is 10.2 Å². The van der Waals surface area contributed by atoms with Crippen LogP contribution in [0.1, 0.15) is 19.8 Å². The Morgan fingerprint density at radius 1 is 1.44 bits per heavy atom. The van der Waals surface area contributed by atoms with Crippen LogP contribution in [0, 0.1) is 0 Å². The number of nitrogens with zero attached hydrogens (tertiary/aromatic N) is 1. The van der Waals surface area contributed by atoms with Gasteiger partial charge in [0.25, 0.3) is 0 Å². The molecule has 1 heterocycles. The highest BCUT2D eigenvalue weighted by Crippen LogP contribution is 2.18. The van der Waals surface area contributed by atoms with Crippen LogP contribution in [-0.2, 0) is 9.59 Å². The van der Waals surface area contributed by atoms with E-state index in [2.05, 4.69) is 0 Å². The largest absolute Gasteiger partial charge is 0.471 e. The third-order valence-corrected chi connectivity index (χ3v) is 2.54. The highest BCUT2D eigenvalue weighted by molar-refractivity contribution is 5.81. The predicted octanol–water partition coefficient (Wildman–Crippen LogP) is 0.676. The molecular weight excluding hydrogens is 225 g/mol. The van der Waals surface area contributed by atoms with Crippen LogP contribution in [0.5, 0.6) is 0 Å². The molecule has 16 heavy (non-hydrogen) atoms. The van der Waals surface area contributed by atoms with Crippen molar-refractivity contribution in [1.29, 1.82) is 0 Å². The molecule has 1 aliphatic rings. The van der Waals surface area contributed by atoms with Gasteiger partial charge in [-0.05, 0) is 12.8 Å². The summed E-state index contributed by atoms with van der Waals surface area (Å²) in [6.45, 7) is 1.77. The van der Waals surface area contributed by atoms with Crippen molar-refractivity contribution in [2.75, 3.05) is 13.1 Å². The van der Waals surface area contributed by atoms with E-state index >= 15 is 0 Å². The average Bonchev–Trinajstić information content (AvgIpc) is 2.60. The normalized spacial score (nSPS) is 21.0. The SMILES string of the molecule is CC(=O)N1CCC[C@H]1CNC(=O)C(F)(F)F. The van der Waals surface area contributed by atoms with Gasteiger partial charge in [-0.2, -0.15) is 13.2 Å². The first-order valence-corrected chi connectivity index (χ1v) is 4.94. The Balaban J connectivity index is 2.43. The lowest BCUT2D eigenvalue weighted by Gasteiger charge is -2.23. The third-order valence-electron chi connectivity index (χ3n) is 2.54. The topological polar surface area (TPSA) is 49.4 Å². The Bertz CT molecular complexity index is 291. The van der Waals surface area contributed by atoms with E-state index in [9.17, 15) is 22.8 Å². The molecule has 4 nitrogen and oxygen atoms in total. The van der Waals surface area contributed by atoms with Crippen LogP contribution in [0.4, 0.5) is 13.2 Å². The maximum absolute atomic E-state index is 11.9. The summed E-state index contributed by atoms with van der Waals surface area (Å²) in [5.74, 6) is -2.13. The molecule has 0 bridgehead atoms. The molecule has 1 N–H and O–H groups in total. The van der Waals surface area contributed by atoms with Gasteiger partial charge in [-0.15, -0.1) is 0 Å². The van der Waals surface area contributed by atoms with E-state index in [0.717, 1.165) is 6.42 Å². The van der Waals surface area contributed by atoms with E-state index < -0.39 is 12.1 Å². The zero-order valence-corrected chi connectivity index (χ0v) is 8.80. The van der Waals surface area contributed by atoms with E-state index in [1.807, 2.05) is 0 Å². The monoisotopic (exact) mass is 238 g/mol. The Labute approximate surface area is 90.8 Å². The summed E-state index contributed by atoms with van der Waals surface area (Å²) in [5.41, 5.74) is 0. The lowest BCUT2D eigenvalue weighted by molar-refractivity contribution is -0.173. The van der Waals surface area contributed by atoms with E-state index in [1.54, 1.807) is 5.32 Å². The molecule has 7 heteroatoms. The average molecular weight is 238 g/mol. The molecule has 1 rings (SSSR count). The minimum Gasteiger partial charge on any atom is -0.346 e. The lowest BCUT2D eigenvalue weighted by atomic mass is 10.2. The molecule has 0 aromatic rings. The molecule has 1 saturated heterocycles. The highest BCUT2D eigenvalue weighted by Gasteiger charge is 2.39. The van der Waals surface area contributed by atoms with Gasteiger partial charge in [-0.1, -0.05) is 0 Å². The van der Waals surface area contributed by atoms with Crippen LogP contribution in [0.2, 0.25) is 0 Å². The van der Waals surface area contributed by atoms with Crippen LogP contribution in [0.15, 0.2) is 0 Å². The van der Waals surface area contributed by atoms with Gasteiger partial charge in [0.15, 0.2) is 0 Å². The van der Waals surface area contributed by atoms with Crippen LogP contribution in [0.25, 0.3) is 0 Å². The van der Waals surface area contributed by atoms with Crippen LogP contribution < -0.4 is 5.32 Å². The van der Waals surface area contributed by atoms with Gasteiger partial charge in [0.1, 0.15) is 0 Å². The Morgan fingerprint density at radius 2 is 2.06 bits per heavy atom. The quantitative estimate of drug-likeness (QED) is 0.769. The standard InChI is InChI=1S/C9H13F3N2O2/c1-6(15)14-4-2-3-7(14)5-13-8(16)9(10,11)12/h7H,2-5H2,1H3,(H,13,16)/t7-/m0/s1. The minimum atomic E-state index is -4.86. The van der Waals surface area contributed by atoms with Crippen molar-refractivity contribution in [3.8, 4) is 0 Å². The molecule has 1 fully saturated rings. The molecule has 0 spiro atoms. The number of alkyl halides is 3. The minimum absolute atomic E-state index is 0.141. The summed E-state index contributed by atoms with van der Waals surface area (Å²) >= 11 is 0. The molecule has 1 aliphatic heterocycles. The van der Waals surface area contributed by atoms with Crippen molar-refractivity contribution in [3.63, 3.8) is 0 Å². The van der Waals surface area contributed by atoms with E-state index in [0.29, 0.717) is 13.0 Å². The van der Waals surface area contributed by atoms with Crippen molar-refractivity contribution in [3.05, 3.63) is 0 Å². The third kappa shape index (κ3) is 3.11. The van der Waals surface area contributed by atoms with E-state index in [-0.39, 0.29) is 18.5 Å². The smallest absolute Gasteiger partial charge is 0.346 e. The molecule has 0 aromatic heterocycles. The number of hydrogen-bond donors (Lipinski definition) is 1. The second-order valence-corrected chi connectivity index (χ2v) is 3.72. The molecule has 0 radical (unpaired) electrons. The second-order valence-electron chi connectivity index (χ2n) is 3.72. The first-order chi connectivity index (χ1) is 7.32. The maximum Gasteiger partial charge on any atom is 0.471 e. The summed E-state index contributed by atoms with van der Waals surface area (Å²) in [6.07, 6.45) is -3.48. The molecule has 0 unspecified atom stereocenters. The van der Waals surface area contributed by atoms with Gasteiger partial charge >= 0.3 is 12.1 Å². The number of likely N-dealkylation sites (tertiary alicyclic amines) is 1. The zero-order valence-electron chi connectivity index (χ0n) is 8.80. The van der Waals surface area contributed by atoms with Crippen molar-refractivity contribution < 1.29 is 22.8 Å². The summed E-state index contributed by atoms with van der Waals surface area (Å²) in [4.78, 5) is 23.1. The molecule has 0 saturated carbocycles. The molecule has 0 aliphatic carbocycles. The summed E-state index contributed by atoms with van der Waals surface area (Å²) in [6, 6.07) is -0.316. The van der Waals surface area contributed by atoms with Crippen molar-refractivity contribution in [2.24, 2.45) is 0 Å². The van der Waals surface area contributed by atoms with Gasteiger partial charge in [-0.25, -0.2) is 0 Å². The van der Waals surface area contributed by atoms with Crippen LogP contribution in [0.3, 0.4) is 0 Å². The molecule has 0 aromatic carbocycles. The molecule has 2 amide bonds. The number of nitrogens with one attached hydrogen (secondary N) is 1. The Kier molecular flexibility index (Phi) is 3.77.